The lowest BCUT2D eigenvalue weighted by Gasteiger charge is -1.82. The second-order valence-electron chi connectivity index (χ2n) is 1.92. The molecule has 0 spiro atoms. The smallest absolute Gasteiger partial charge is 0.259 e. The Labute approximate surface area is 67.1 Å². The maximum absolute atomic E-state index is 10.3. The van der Waals surface area contributed by atoms with Crippen molar-refractivity contribution >= 4 is 22.0 Å². The lowest BCUT2D eigenvalue weighted by molar-refractivity contribution is -0.379. The van der Waals surface area contributed by atoms with E-state index in [1.807, 2.05) is 0 Å². The SMILES string of the molecule is [C-]#[N+]c1cc(C)sc1[N+](=O)[O-]. The van der Waals surface area contributed by atoms with Gasteiger partial charge in [-0.05, 0) is 17.9 Å². The number of hydrogen-bond acceptors (Lipinski definition) is 3. The van der Waals surface area contributed by atoms with Gasteiger partial charge in [0.1, 0.15) is 0 Å². The maximum atomic E-state index is 10.3. The monoisotopic (exact) mass is 168 g/mol. The molecular weight excluding hydrogens is 164 g/mol. The first-order chi connectivity index (χ1) is 5.15. The van der Waals surface area contributed by atoms with Gasteiger partial charge in [0.15, 0.2) is 0 Å². The highest BCUT2D eigenvalue weighted by Crippen LogP contribution is 2.36. The van der Waals surface area contributed by atoms with Gasteiger partial charge < -0.3 is 0 Å². The van der Waals surface area contributed by atoms with Gasteiger partial charge in [-0.15, -0.1) is 0 Å². The van der Waals surface area contributed by atoms with Crippen LogP contribution in [0, 0.1) is 23.6 Å². The largest absolute Gasteiger partial charge is 0.333 e. The number of aryl methyl sites for hydroxylation is 1. The quantitative estimate of drug-likeness (QED) is 0.367. The van der Waals surface area contributed by atoms with E-state index in [4.69, 9.17) is 6.57 Å². The molecular formula is C6H4N2O2S. The first-order valence-corrected chi connectivity index (χ1v) is 3.59. The van der Waals surface area contributed by atoms with Crippen LogP contribution in [-0.4, -0.2) is 4.92 Å². The molecule has 1 aromatic heterocycles. The Morgan fingerprint density at radius 3 is 2.82 bits per heavy atom. The highest BCUT2D eigenvalue weighted by Gasteiger charge is 2.16. The van der Waals surface area contributed by atoms with Crippen LogP contribution in [0.5, 0.6) is 0 Å². The average molecular weight is 168 g/mol. The van der Waals surface area contributed by atoms with Gasteiger partial charge in [-0.25, -0.2) is 4.85 Å². The highest BCUT2D eigenvalue weighted by atomic mass is 32.1. The summed E-state index contributed by atoms with van der Waals surface area (Å²) >= 11 is 1.03. The second kappa shape index (κ2) is 2.68. The summed E-state index contributed by atoms with van der Waals surface area (Å²) in [6.45, 7) is 8.36. The molecule has 0 fully saturated rings. The van der Waals surface area contributed by atoms with Crippen molar-refractivity contribution in [2.75, 3.05) is 0 Å². The zero-order valence-electron chi connectivity index (χ0n) is 5.70. The molecule has 0 amide bonds. The van der Waals surface area contributed by atoms with Crippen LogP contribution in [0.2, 0.25) is 0 Å². The van der Waals surface area contributed by atoms with Gasteiger partial charge in [-0.3, -0.25) is 10.1 Å². The lowest BCUT2D eigenvalue weighted by atomic mass is 10.4. The van der Waals surface area contributed by atoms with Crippen LogP contribution >= 0.6 is 11.3 Å². The molecule has 0 aromatic carbocycles. The average Bonchev–Trinajstić information content (AvgIpc) is 2.30. The summed E-state index contributed by atoms with van der Waals surface area (Å²) in [7, 11) is 0. The molecule has 56 valence electrons. The summed E-state index contributed by atoms with van der Waals surface area (Å²) in [6, 6.07) is 1.52. The fourth-order valence-electron chi connectivity index (χ4n) is 0.699. The molecule has 0 radical (unpaired) electrons. The first kappa shape index (κ1) is 7.69. The predicted molar refractivity (Wildman–Crippen MR) is 42.0 cm³/mol. The van der Waals surface area contributed by atoms with E-state index in [0.29, 0.717) is 0 Å². The zero-order chi connectivity index (χ0) is 8.43. The summed E-state index contributed by atoms with van der Waals surface area (Å²) in [5, 5.41) is 10.2. The highest BCUT2D eigenvalue weighted by molar-refractivity contribution is 7.15. The van der Waals surface area contributed by atoms with E-state index in [0.717, 1.165) is 16.2 Å². The molecule has 1 rings (SSSR count). The third kappa shape index (κ3) is 1.36. The number of nitrogens with zero attached hydrogens (tertiary/aromatic N) is 2. The van der Waals surface area contributed by atoms with Gasteiger partial charge in [0.2, 0.25) is 0 Å². The van der Waals surface area contributed by atoms with Gasteiger partial charge in [-0.2, -0.15) is 0 Å². The van der Waals surface area contributed by atoms with Crippen molar-refractivity contribution in [2.45, 2.75) is 6.92 Å². The normalized spacial score (nSPS) is 9.09. The van der Waals surface area contributed by atoms with E-state index in [-0.39, 0.29) is 10.7 Å². The second-order valence-corrected chi connectivity index (χ2v) is 3.15. The number of nitro groups is 1. The van der Waals surface area contributed by atoms with Crippen LogP contribution in [0.4, 0.5) is 10.7 Å². The van der Waals surface area contributed by atoms with E-state index in [1.165, 1.54) is 6.07 Å². The summed E-state index contributed by atoms with van der Waals surface area (Å²) in [5.41, 5.74) is 0.137. The Balaban J connectivity index is 3.26. The standard InChI is InChI=1S/C6H4N2O2S/c1-4-3-5(7-2)6(11-4)8(9)10/h3H,1H3. The van der Waals surface area contributed by atoms with Crippen LogP contribution in [-0.2, 0) is 0 Å². The maximum Gasteiger partial charge on any atom is 0.333 e. The predicted octanol–water partition coefficient (Wildman–Crippen LogP) is 2.52. The molecule has 0 aliphatic heterocycles. The van der Waals surface area contributed by atoms with Crippen LogP contribution in [0.1, 0.15) is 4.88 Å². The van der Waals surface area contributed by atoms with Crippen LogP contribution in [0.3, 0.4) is 0 Å². The Morgan fingerprint density at radius 1 is 1.82 bits per heavy atom. The minimum absolute atomic E-state index is 0.0579. The summed E-state index contributed by atoms with van der Waals surface area (Å²) in [6.07, 6.45) is 0. The van der Waals surface area contributed by atoms with Crippen molar-refractivity contribution in [3.05, 3.63) is 32.5 Å². The molecule has 4 nitrogen and oxygen atoms in total. The molecule has 0 aliphatic rings. The van der Waals surface area contributed by atoms with Crippen molar-refractivity contribution in [3.8, 4) is 0 Å². The van der Waals surface area contributed by atoms with E-state index in [2.05, 4.69) is 4.85 Å². The molecule has 0 bridgehead atoms. The molecule has 0 aliphatic carbocycles. The van der Waals surface area contributed by atoms with Crippen LogP contribution in [0.25, 0.3) is 4.85 Å². The lowest BCUT2D eigenvalue weighted by Crippen LogP contribution is -1.81. The van der Waals surface area contributed by atoms with E-state index >= 15 is 0 Å². The van der Waals surface area contributed by atoms with E-state index < -0.39 is 4.92 Å². The molecule has 0 atom stereocenters. The van der Waals surface area contributed by atoms with Gasteiger partial charge in [0.05, 0.1) is 11.5 Å². The van der Waals surface area contributed by atoms with Crippen molar-refractivity contribution in [3.63, 3.8) is 0 Å². The van der Waals surface area contributed by atoms with Gasteiger partial charge in [-0.1, -0.05) is 11.3 Å². The Morgan fingerprint density at radius 2 is 2.45 bits per heavy atom. The fourth-order valence-corrected chi connectivity index (χ4v) is 1.46. The number of thiophene rings is 1. The molecule has 1 aromatic rings. The molecule has 0 saturated heterocycles. The van der Waals surface area contributed by atoms with E-state index in [9.17, 15) is 10.1 Å². The Bertz CT molecular complexity index is 337. The van der Waals surface area contributed by atoms with Gasteiger partial charge in [0, 0.05) is 0 Å². The minimum Gasteiger partial charge on any atom is -0.259 e. The van der Waals surface area contributed by atoms with Crippen molar-refractivity contribution in [1.82, 2.24) is 0 Å². The molecule has 0 saturated carbocycles. The fraction of sp³-hybridized carbons (Fsp3) is 0.167. The summed E-state index contributed by atoms with van der Waals surface area (Å²) < 4.78 is 0. The van der Waals surface area contributed by atoms with Gasteiger partial charge >= 0.3 is 5.00 Å². The first-order valence-electron chi connectivity index (χ1n) is 2.77. The summed E-state index contributed by atoms with van der Waals surface area (Å²) in [5.74, 6) is 0. The van der Waals surface area contributed by atoms with E-state index in [1.54, 1.807) is 6.92 Å². The van der Waals surface area contributed by atoms with Gasteiger partial charge in [0.25, 0.3) is 5.69 Å². The van der Waals surface area contributed by atoms with Crippen molar-refractivity contribution < 1.29 is 4.92 Å². The van der Waals surface area contributed by atoms with Crippen LogP contribution < -0.4 is 0 Å². The third-order valence-corrected chi connectivity index (χ3v) is 2.09. The molecule has 0 N–H and O–H groups in total. The molecule has 1 heterocycles. The van der Waals surface area contributed by atoms with Crippen molar-refractivity contribution in [2.24, 2.45) is 0 Å². The van der Waals surface area contributed by atoms with Crippen molar-refractivity contribution in [1.29, 1.82) is 0 Å². The molecule has 11 heavy (non-hydrogen) atoms. The molecule has 5 heteroatoms. The third-order valence-electron chi connectivity index (χ3n) is 1.10. The van der Waals surface area contributed by atoms with Crippen LogP contribution in [0.15, 0.2) is 6.07 Å². The number of hydrogen-bond donors (Lipinski definition) is 0. The Hall–Kier alpha value is -1.41. The molecule has 0 unspecified atom stereocenters. The summed E-state index contributed by atoms with van der Waals surface area (Å²) in [4.78, 5) is 13.6. The zero-order valence-corrected chi connectivity index (χ0v) is 6.51. The topological polar surface area (TPSA) is 47.5 Å². The Kier molecular flexibility index (Phi) is 1.87. The number of rotatable bonds is 1. The minimum atomic E-state index is -0.523.